The molecule has 1 fully saturated rings. The Morgan fingerprint density at radius 2 is 2.00 bits per heavy atom. The molecule has 1 rings (SSSR count). The third-order valence-electron chi connectivity index (χ3n) is 3.76. The van der Waals surface area contributed by atoms with Gasteiger partial charge in [0, 0.05) is 6.04 Å². The standard InChI is InChI=1S/C13H27NO/c1-4-5-12(14)9-15-13-7-6-10(2)11(3)8-13/h10-13H,4-9,14H2,1-3H3. The van der Waals surface area contributed by atoms with Gasteiger partial charge in [-0.05, 0) is 37.5 Å². The highest BCUT2D eigenvalue weighted by atomic mass is 16.5. The smallest absolute Gasteiger partial charge is 0.0621 e. The third kappa shape index (κ3) is 4.52. The minimum Gasteiger partial charge on any atom is -0.377 e. The normalized spacial score (nSPS) is 34.0. The summed E-state index contributed by atoms with van der Waals surface area (Å²) >= 11 is 0. The molecule has 0 saturated heterocycles. The summed E-state index contributed by atoms with van der Waals surface area (Å²) in [7, 11) is 0. The van der Waals surface area contributed by atoms with E-state index in [1.54, 1.807) is 0 Å². The SMILES string of the molecule is CCCC(N)COC1CCC(C)C(C)C1. The van der Waals surface area contributed by atoms with E-state index in [-0.39, 0.29) is 6.04 Å². The third-order valence-corrected chi connectivity index (χ3v) is 3.76. The van der Waals surface area contributed by atoms with Crippen LogP contribution in [0.4, 0.5) is 0 Å². The second-order valence-corrected chi connectivity index (χ2v) is 5.27. The average molecular weight is 213 g/mol. The van der Waals surface area contributed by atoms with Gasteiger partial charge in [-0.1, -0.05) is 27.2 Å². The molecule has 0 aliphatic heterocycles. The molecule has 1 saturated carbocycles. The van der Waals surface area contributed by atoms with E-state index in [2.05, 4.69) is 20.8 Å². The molecular weight excluding hydrogens is 186 g/mol. The lowest BCUT2D eigenvalue weighted by atomic mass is 9.80. The van der Waals surface area contributed by atoms with E-state index < -0.39 is 0 Å². The van der Waals surface area contributed by atoms with Crippen LogP contribution in [-0.4, -0.2) is 18.8 Å². The van der Waals surface area contributed by atoms with Gasteiger partial charge in [0.25, 0.3) is 0 Å². The monoisotopic (exact) mass is 213 g/mol. The maximum atomic E-state index is 5.94. The molecule has 4 unspecified atom stereocenters. The van der Waals surface area contributed by atoms with Crippen molar-refractivity contribution in [3.05, 3.63) is 0 Å². The summed E-state index contributed by atoms with van der Waals surface area (Å²) in [4.78, 5) is 0. The van der Waals surface area contributed by atoms with Crippen molar-refractivity contribution in [3.63, 3.8) is 0 Å². The highest BCUT2D eigenvalue weighted by Crippen LogP contribution is 2.30. The van der Waals surface area contributed by atoms with Gasteiger partial charge in [0.05, 0.1) is 12.7 Å². The van der Waals surface area contributed by atoms with Gasteiger partial charge >= 0.3 is 0 Å². The van der Waals surface area contributed by atoms with E-state index in [1.807, 2.05) is 0 Å². The van der Waals surface area contributed by atoms with Crippen LogP contribution in [0.25, 0.3) is 0 Å². The van der Waals surface area contributed by atoms with Crippen molar-refractivity contribution in [2.24, 2.45) is 17.6 Å². The summed E-state index contributed by atoms with van der Waals surface area (Å²) in [6, 6.07) is 0.240. The van der Waals surface area contributed by atoms with E-state index in [9.17, 15) is 0 Å². The predicted molar refractivity (Wildman–Crippen MR) is 64.8 cm³/mol. The molecule has 2 nitrogen and oxygen atoms in total. The quantitative estimate of drug-likeness (QED) is 0.762. The van der Waals surface area contributed by atoms with Crippen molar-refractivity contribution in [3.8, 4) is 0 Å². The molecule has 0 aromatic heterocycles. The zero-order valence-corrected chi connectivity index (χ0v) is 10.5. The van der Waals surface area contributed by atoms with Crippen molar-refractivity contribution in [1.82, 2.24) is 0 Å². The Bertz CT molecular complexity index is 172. The van der Waals surface area contributed by atoms with Gasteiger partial charge in [0.2, 0.25) is 0 Å². The first-order chi connectivity index (χ1) is 7.13. The fourth-order valence-electron chi connectivity index (χ4n) is 2.36. The van der Waals surface area contributed by atoms with Crippen LogP contribution >= 0.6 is 0 Å². The zero-order valence-electron chi connectivity index (χ0n) is 10.5. The Morgan fingerprint density at radius 3 is 2.60 bits per heavy atom. The number of nitrogens with two attached hydrogens (primary N) is 1. The van der Waals surface area contributed by atoms with E-state index in [1.165, 1.54) is 19.3 Å². The molecule has 1 aliphatic carbocycles. The van der Waals surface area contributed by atoms with Gasteiger partial charge in [-0.15, -0.1) is 0 Å². The average Bonchev–Trinajstić information content (AvgIpc) is 2.20. The lowest BCUT2D eigenvalue weighted by Crippen LogP contribution is -2.32. The van der Waals surface area contributed by atoms with E-state index in [0.29, 0.717) is 6.10 Å². The molecule has 0 bridgehead atoms. The van der Waals surface area contributed by atoms with Crippen LogP contribution in [0.1, 0.15) is 52.9 Å². The number of ether oxygens (including phenoxy) is 1. The Balaban J connectivity index is 2.16. The fraction of sp³-hybridized carbons (Fsp3) is 1.00. The molecule has 0 heterocycles. The van der Waals surface area contributed by atoms with Gasteiger partial charge in [-0.2, -0.15) is 0 Å². The van der Waals surface area contributed by atoms with E-state index in [4.69, 9.17) is 10.5 Å². The minimum absolute atomic E-state index is 0.240. The molecule has 0 radical (unpaired) electrons. The first-order valence-corrected chi connectivity index (χ1v) is 6.50. The van der Waals surface area contributed by atoms with Gasteiger partial charge in [-0.3, -0.25) is 0 Å². The molecule has 0 spiro atoms. The molecule has 0 aromatic rings. The minimum atomic E-state index is 0.240. The summed E-state index contributed by atoms with van der Waals surface area (Å²) in [5.74, 6) is 1.68. The van der Waals surface area contributed by atoms with Crippen LogP contribution in [0.2, 0.25) is 0 Å². The second-order valence-electron chi connectivity index (χ2n) is 5.27. The first-order valence-electron chi connectivity index (χ1n) is 6.50. The molecular formula is C13H27NO. The summed E-state index contributed by atoms with van der Waals surface area (Å²) < 4.78 is 5.89. The van der Waals surface area contributed by atoms with Crippen LogP contribution in [0.15, 0.2) is 0 Å². The largest absolute Gasteiger partial charge is 0.377 e. The van der Waals surface area contributed by atoms with Crippen molar-refractivity contribution in [1.29, 1.82) is 0 Å². The van der Waals surface area contributed by atoms with Crippen LogP contribution < -0.4 is 5.73 Å². The van der Waals surface area contributed by atoms with Crippen molar-refractivity contribution in [2.45, 2.75) is 65.0 Å². The Labute approximate surface area is 94.6 Å². The zero-order chi connectivity index (χ0) is 11.3. The maximum absolute atomic E-state index is 5.94. The lowest BCUT2D eigenvalue weighted by molar-refractivity contribution is -0.00416. The molecule has 0 aromatic carbocycles. The second kappa shape index (κ2) is 6.49. The Morgan fingerprint density at radius 1 is 1.27 bits per heavy atom. The summed E-state index contributed by atoms with van der Waals surface area (Å²) in [5.41, 5.74) is 5.94. The number of hydrogen-bond donors (Lipinski definition) is 1. The molecule has 2 N–H and O–H groups in total. The fourth-order valence-corrected chi connectivity index (χ4v) is 2.36. The van der Waals surface area contributed by atoms with Gasteiger partial charge in [0.15, 0.2) is 0 Å². The topological polar surface area (TPSA) is 35.2 Å². The van der Waals surface area contributed by atoms with Crippen LogP contribution in [0, 0.1) is 11.8 Å². The van der Waals surface area contributed by atoms with E-state index >= 15 is 0 Å². The maximum Gasteiger partial charge on any atom is 0.0621 e. The van der Waals surface area contributed by atoms with Crippen LogP contribution in [-0.2, 0) is 4.74 Å². The summed E-state index contributed by atoms with van der Waals surface area (Å²) in [6.45, 7) is 7.61. The molecule has 2 heteroatoms. The lowest BCUT2D eigenvalue weighted by Gasteiger charge is -2.32. The van der Waals surface area contributed by atoms with Crippen molar-refractivity contribution < 1.29 is 4.74 Å². The molecule has 4 atom stereocenters. The first kappa shape index (κ1) is 13.0. The molecule has 0 amide bonds. The predicted octanol–water partition coefficient (Wildman–Crippen LogP) is 2.96. The van der Waals surface area contributed by atoms with Crippen molar-refractivity contribution in [2.75, 3.05) is 6.61 Å². The Kier molecular flexibility index (Phi) is 5.62. The van der Waals surface area contributed by atoms with Gasteiger partial charge < -0.3 is 10.5 Å². The van der Waals surface area contributed by atoms with Crippen LogP contribution in [0.3, 0.4) is 0 Å². The highest BCUT2D eigenvalue weighted by molar-refractivity contribution is 4.76. The number of hydrogen-bond acceptors (Lipinski definition) is 2. The molecule has 90 valence electrons. The van der Waals surface area contributed by atoms with E-state index in [0.717, 1.165) is 31.3 Å². The van der Waals surface area contributed by atoms with Gasteiger partial charge in [-0.25, -0.2) is 0 Å². The van der Waals surface area contributed by atoms with Gasteiger partial charge in [0.1, 0.15) is 0 Å². The summed E-state index contributed by atoms with van der Waals surface area (Å²) in [6.07, 6.45) is 6.47. The van der Waals surface area contributed by atoms with Crippen molar-refractivity contribution >= 4 is 0 Å². The summed E-state index contributed by atoms with van der Waals surface area (Å²) in [5, 5.41) is 0. The molecule has 15 heavy (non-hydrogen) atoms. The molecule has 1 aliphatic rings. The van der Waals surface area contributed by atoms with Crippen LogP contribution in [0.5, 0.6) is 0 Å². The number of rotatable bonds is 5. The highest BCUT2D eigenvalue weighted by Gasteiger charge is 2.25. The Hall–Kier alpha value is -0.0800.